The van der Waals surface area contributed by atoms with Gasteiger partial charge in [-0.05, 0) is 41.6 Å². The molecule has 1 aliphatic rings. The minimum absolute atomic E-state index is 0.342. The molecular weight excluding hydrogens is 256 g/mol. The Labute approximate surface area is 98.4 Å². The molecule has 1 heterocycles. The van der Waals surface area contributed by atoms with E-state index in [2.05, 4.69) is 25.9 Å². The Morgan fingerprint density at radius 3 is 2.53 bits per heavy atom. The first kappa shape index (κ1) is 10.9. The zero-order valence-corrected chi connectivity index (χ0v) is 10.2. The van der Waals surface area contributed by atoms with E-state index in [-0.39, 0.29) is 0 Å². The molecule has 1 aromatic rings. The van der Waals surface area contributed by atoms with Gasteiger partial charge in [-0.1, -0.05) is 12.8 Å². The molecule has 0 N–H and O–H groups in total. The van der Waals surface area contributed by atoms with E-state index in [9.17, 15) is 0 Å². The summed E-state index contributed by atoms with van der Waals surface area (Å²) in [7, 11) is 0. The SMILES string of the molecule is Brc1cc(OC2CCCCCC2)ncn1. The maximum absolute atomic E-state index is 5.84. The van der Waals surface area contributed by atoms with Gasteiger partial charge in [0.25, 0.3) is 0 Å². The van der Waals surface area contributed by atoms with Gasteiger partial charge in [-0.3, -0.25) is 0 Å². The lowest BCUT2D eigenvalue weighted by Crippen LogP contribution is -2.15. The summed E-state index contributed by atoms with van der Waals surface area (Å²) in [4.78, 5) is 8.08. The van der Waals surface area contributed by atoms with E-state index in [4.69, 9.17) is 4.74 Å². The highest BCUT2D eigenvalue weighted by Crippen LogP contribution is 2.22. The summed E-state index contributed by atoms with van der Waals surface area (Å²) in [5, 5.41) is 0. The number of hydrogen-bond donors (Lipinski definition) is 0. The number of rotatable bonds is 2. The molecule has 0 atom stereocenters. The van der Waals surface area contributed by atoms with Crippen LogP contribution in [0.4, 0.5) is 0 Å². The van der Waals surface area contributed by atoms with Gasteiger partial charge in [-0.15, -0.1) is 0 Å². The fourth-order valence-corrected chi connectivity index (χ4v) is 2.20. The molecule has 0 spiro atoms. The van der Waals surface area contributed by atoms with E-state index in [1.165, 1.54) is 32.0 Å². The summed E-state index contributed by atoms with van der Waals surface area (Å²) in [5.41, 5.74) is 0. The van der Waals surface area contributed by atoms with Gasteiger partial charge in [0, 0.05) is 6.07 Å². The van der Waals surface area contributed by atoms with Gasteiger partial charge in [0.1, 0.15) is 17.0 Å². The van der Waals surface area contributed by atoms with Gasteiger partial charge >= 0.3 is 0 Å². The van der Waals surface area contributed by atoms with E-state index in [1.54, 1.807) is 0 Å². The Bertz CT molecular complexity index is 311. The van der Waals surface area contributed by atoms with Crippen molar-refractivity contribution in [2.45, 2.75) is 44.6 Å². The van der Waals surface area contributed by atoms with Crippen LogP contribution in [0.5, 0.6) is 5.88 Å². The molecule has 1 fully saturated rings. The van der Waals surface area contributed by atoms with Crippen LogP contribution in [-0.2, 0) is 0 Å². The highest BCUT2D eigenvalue weighted by atomic mass is 79.9. The molecule has 82 valence electrons. The number of aromatic nitrogens is 2. The van der Waals surface area contributed by atoms with Crippen molar-refractivity contribution in [2.24, 2.45) is 0 Å². The second-order valence-electron chi connectivity index (χ2n) is 3.91. The summed E-state index contributed by atoms with van der Waals surface area (Å²) >= 11 is 3.31. The van der Waals surface area contributed by atoms with Gasteiger partial charge < -0.3 is 4.74 Å². The second-order valence-corrected chi connectivity index (χ2v) is 4.72. The predicted molar refractivity (Wildman–Crippen MR) is 61.9 cm³/mol. The quantitative estimate of drug-likeness (QED) is 0.611. The standard InChI is InChI=1S/C11H15BrN2O/c12-10-7-11(14-8-13-10)15-9-5-3-1-2-4-6-9/h7-9H,1-6H2. The maximum atomic E-state index is 5.84. The van der Waals surface area contributed by atoms with E-state index in [0.717, 1.165) is 17.4 Å². The Morgan fingerprint density at radius 1 is 1.13 bits per heavy atom. The lowest BCUT2D eigenvalue weighted by atomic mass is 10.1. The zero-order valence-electron chi connectivity index (χ0n) is 8.66. The van der Waals surface area contributed by atoms with E-state index >= 15 is 0 Å². The summed E-state index contributed by atoms with van der Waals surface area (Å²) < 4.78 is 6.61. The van der Waals surface area contributed by atoms with Gasteiger partial charge in [-0.25, -0.2) is 9.97 Å². The fourth-order valence-electron chi connectivity index (χ4n) is 1.91. The number of ether oxygens (including phenoxy) is 1. The molecular formula is C11H15BrN2O. The molecule has 0 amide bonds. The third-order valence-corrected chi connectivity index (χ3v) is 3.13. The molecule has 0 aliphatic heterocycles. The molecule has 15 heavy (non-hydrogen) atoms. The molecule has 0 aromatic carbocycles. The summed E-state index contributed by atoms with van der Waals surface area (Å²) in [6.07, 6.45) is 9.41. The van der Waals surface area contributed by atoms with Crippen LogP contribution in [0.25, 0.3) is 0 Å². The van der Waals surface area contributed by atoms with Gasteiger partial charge in [0.2, 0.25) is 5.88 Å². The first-order chi connectivity index (χ1) is 7.34. The lowest BCUT2D eigenvalue weighted by molar-refractivity contribution is 0.175. The third-order valence-electron chi connectivity index (χ3n) is 2.70. The third kappa shape index (κ3) is 3.45. The first-order valence-electron chi connectivity index (χ1n) is 5.49. The van der Waals surface area contributed by atoms with Crippen molar-refractivity contribution in [1.29, 1.82) is 0 Å². The monoisotopic (exact) mass is 270 g/mol. The molecule has 4 heteroatoms. The van der Waals surface area contributed by atoms with Crippen LogP contribution in [-0.4, -0.2) is 16.1 Å². The number of halogens is 1. The van der Waals surface area contributed by atoms with E-state index < -0.39 is 0 Å². The molecule has 2 rings (SSSR count). The van der Waals surface area contributed by atoms with Crippen molar-refractivity contribution in [3.63, 3.8) is 0 Å². The molecule has 1 saturated carbocycles. The molecule has 1 aromatic heterocycles. The van der Waals surface area contributed by atoms with Crippen molar-refractivity contribution < 1.29 is 4.74 Å². The van der Waals surface area contributed by atoms with Crippen LogP contribution in [0.2, 0.25) is 0 Å². The van der Waals surface area contributed by atoms with Crippen LogP contribution in [0.15, 0.2) is 17.0 Å². The fraction of sp³-hybridized carbons (Fsp3) is 0.636. The van der Waals surface area contributed by atoms with Crippen molar-refractivity contribution in [3.8, 4) is 5.88 Å². The van der Waals surface area contributed by atoms with Crippen molar-refractivity contribution in [3.05, 3.63) is 17.0 Å². The van der Waals surface area contributed by atoms with Gasteiger partial charge in [0.15, 0.2) is 0 Å². The Hall–Kier alpha value is -0.640. The van der Waals surface area contributed by atoms with Crippen LogP contribution >= 0.6 is 15.9 Å². The van der Waals surface area contributed by atoms with Crippen LogP contribution in [0.3, 0.4) is 0 Å². The van der Waals surface area contributed by atoms with E-state index in [0.29, 0.717) is 12.0 Å². The number of nitrogens with zero attached hydrogens (tertiary/aromatic N) is 2. The Kier molecular flexibility index (Phi) is 3.94. The highest BCUT2D eigenvalue weighted by Gasteiger charge is 2.14. The molecule has 0 bridgehead atoms. The maximum Gasteiger partial charge on any atom is 0.217 e. The summed E-state index contributed by atoms with van der Waals surface area (Å²) in [6.45, 7) is 0. The normalized spacial score (nSPS) is 18.5. The van der Waals surface area contributed by atoms with Crippen molar-refractivity contribution >= 4 is 15.9 Å². The molecule has 3 nitrogen and oxygen atoms in total. The van der Waals surface area contributed by atoms with Crippen molar-refractivity contribution in [2.75, 3.05) is 0 Å². The van der Waals surface area contributed by atoms with Crippen LogP contribution < -0.4 is 4.74 Å². The number of hydrogen-bond acceptors (Lipinski definition) is 3. The van der Waals surface area contributed by atoms with Gasteiger partial charge in [0.05, 0.1) is 0 Å². The molecule has 0 unspecified atom stereocenters. The molecule has 1 aliphatic carbocycles. The minimum Gasteiger partial charge on any atom is -0.474 e. The smallest absolute Gasteiger partial charge is 0.217 e. The largest absolute Gasteiger partial charge is 0.474 e. The Morgan fingerprint density at radius 2 is 1.87 bits per heavy atom. The topological polar surface area (TPSA) is 35.0 Å². The lowest BCUT2D eigenvalue weighted by Gasteiger charge is -2.15. The first-order valence-corrected chi connectivity index (χ1v) is 6.28. The average Bonchev–Trinajstić information content (AvgIpc) is 2.46. The van der Waals surface area contributed by atoms with Crippen molar-refractivity contribution in [1.82, 2.24) is 9.97 Å². The van der Waals surface area contributed by atoms with Gasteiger partial charge in [-0.2, -0.15) is 0 Å². The predicted octanol–water partition coefficient (Wildman–Crippen LogP) is 3.34. The van der Waals surface area contributed by atoms with E-state index in [1.807, 2.05) is 6.07 Å². The molecule has 0 saturated heterocycles. The summed E-state index contributed by atoms with van der Waals surface area (Å²) in [6, 6.07) is 1.82. The highest BCUT2D eigenvalue weighted by molar-refractivity contribution is 9.10. The van der Waals surface area contributed by atoms with Crippen LogP contribution in [0, 0.1) is 0 Å². The molecule has 0 radical (unpaired) electrons. The summed E-state index contributed by atoms with van der Waals surface area (Å²) in [5.74, 6) is 0.684. The minimum atomic E-state index is 0.342. The Balaban J connectivity index is 1.95. The zero-order chi connectivity index (χ0) is 10.5. The van der Waals surface area contributed by atoms with Crippen LogP contribution in [0.1, 0.15) is 38.5 Å². The average molecular weight is 271 g/mol. The second kappa shape index (κ2) is 5.45.